The number of sulfone groups is 1. The molecule has 1 heterocycles. The third-order valence-corrected chi connectivity index (χ3v) is 5.29. The first-order valence-corrected chi connectivity index (χ1v) is 8.27. The molecule has 2 fully saturated rings. The predicted octanol–water partition coefficient (Wildman–Crippen LogP) is 0.922. The van der Waals surface area contributed by atoms with Crippen LogP contribution >= 0.6 is 0 Å². The summed E-state index contributed by atoms with van der Waals surface area (Å²) in [5.41, 5.74) is 0.325. The van der Waals surface area contributed by atoms with Gasteiger partial charge >= 0.3 is 0 Å². The van der Waals surface area contributed by atoms with E-state index in [1.165, 1.54) is 12.8 Å². The average Bonchev–Trinajstić information content (AvgIpc) is 3.00. The standard InChI is InChI=1S/C12H23NO3S/c1-11(2)16-10-12(3-4-12)9-13-5-7-17(14,15)8-6-13/h11H,3-10H2,1-2H3. The van der Waals surface area contributed by atoms with Gasteiger partial charge in [-0.1, -0.05) is 0 Å². The van der Waals surface area contributed by atoms with E-state index in [4.69, 9.17) is 4.74 Å². The first-order chi connectivity index (χ1) is 7.91. The summed E-state index contributed by atoms with van der Waals surface area (Å²) in [6.45, 7) is 7.35. The van der Waals surface area contributed by atoms with E-state index in [0.29, 0.717) is 30.0 Å². The first kappa shape index (κ1) is 13.3. The van der Waals surface area contributed by atoms with Gasteiger partial charge in [0.05, 0.1) is 24.2 Å². The topological polar surface area (TPSA) is 46.6 Å². The molecule has 0 aromatic heterocycles. The molecule has 4 nitrogen and oxygen atoms in total. The summed E-state index contributed by atoms with van der Waals surface area (Å²) in [7, 11) is -2.75. The van der Waals surface area contributed by atoms with Crippen LogP contribution in [0.15, 0.2) is 0 Å². The molecule has 0 radical (unpaired) electrons. The molecule has 0 aromatic rings. The molecule has 0 N–H and O–H groups in total. The van der Waals surface area contributed by atoms with Crippen LogP contribution in [-0.2, 0) is 14.6 Å². The van der Waals surface area contributed by atoms with Gasteiger partial charge in [0.1, 0.15) is 0 Å². The van der Waals surface area contributed by atoms with E-state index in [1.807, 2.05) is 0 Å². The van der Waals surface area contributed by atoms with Crippen LogP contribution in [0.1, 0.15) is 26.7 Å². The van der Waals surface area contributed by atoms with Crippen molar-refractivity contribution in [3.05, 3.63) is 0 Å². The van der Waals surface area contributed by atoms with E-state index in [2.05, 4.69) is 18.7 Å². The van der Waals surface area contributed by atoms with Crippen molar-refractivity contribution in [3.8, 4) is 0 Å². The Morgan fingerprint density at radius 1 is 1.24 bits per heavy atom. The molecule has 1 aliphatic heterocycles. The van der Waals surface area contributed by atoms with E-state index in [1.54, 1.807) is 0 Å². The fraction of sp³-hybridized carbons (Fsp3) is 1.00. The Bertz CT molecular complexity index is 346. The van der Waals surface area contributed by atoms with Gasteiger partial charge in [0.25, 0.3) is 0 Å². The third-order valence-electron chi connectivity index (χ3n) is 3.68. The zero-order chi connectivity index (χ0) is 12.5. The fourth-order valence-corrected chi connectivity index (χ4v) is 3.53. The summed E-state index contributed by atoms with van der Waals surface area (Å²) in [5, 5.41) is 0. The van der Waals surface area contributed by atoms with Crippen LogP contribution in [-0.4, -0.2) is 57.2 Å². The highest BCUT2D eigenvalue weighted by molar-refractivity contribution is 7.91. The third kappa shape index (κ3) is 3.93. The number of rotatable bonds is 5. The van der Waals surface area contributed by atoms with Gasteiger partial charge in [-0.3, -0.25) is 0 Å². The number of ether oxygens (including phenoxy) is 1. The van der Waals surface area contributed by atoms with Gasteiger partial charge in [-0.2, -0.15) is 0 Å². The second-order valence-corrected chi connectivity index (χ2v) is 8.09. The molecule has 1 aliphatic carbocycles. The first-order valence-electron chi connectivity index (χ1n) is 6.45. The summed E-state index contributed by atoms with van der Waals surface area (Å²) in [5.74, 6) is 0.655. The van der Waals surface area contributed by atoms with Gasteiger partial charge in [-0.15, -0.1) is 0 Å². The Morgan fingerprint density at radius 2 is 1.82 bits per heavy atom. The molecule has 0 unspecified atom stereocenters. The van der Waals surface area contributed by atoms with Crippen LogP contribution in [0.2, 0.25) is 0 Å². The van der Waals surface area contributed by atoms with Crippen LogP contribution in [0.4, 0.5) is 0 Å². The Labute approximate surface area is 104 Å². The summed E-state index contributed by atoms with van der Waals surface area (Å²) >= 11 is 0. The molecule has 2 rings (SSSR count). The van der Waals surface area contributed by atoms with E-state index in [9.17, 15) is 8.42 Å². The molecule has 5 heteroatoms. The number of hydrogen-bond acceptors (Lipinski definition) is 4. The minimum Gasteiger partial charge on any atom is -0.378 e. The zero-order valence-corrected chi connectivity index (χ0v) is 11.6. The van der Waals surface area contributed by atoms with Gasteiger partial charge in [0.15, 0.2) is 9.84 Å². The Kier molecular flexibility index (Phi) is 3.80. The fourth-order valence-electron chi connectivity index (χ4n) is 2.25. The predicted molar refractivity (Wildman–Crippen MR) is 67.8 cm³/mol. The summed E-state index contributed by atoms with van der Waals surface area (Å²) in [6, 6.07) is 0. The highest BCUT2D eigenvalue weighted by atomic mass is 32.2. The molecule has 2 aliphatic rings. The van der Waals surface area contributed by atoms with Crippen molar-refractivity contribution in [3.63, 3.8) is 0 Å². The van der Waals surface area contributed by atoms with Crippen molar-refractivity contribution in [1.82, 2.24) is 4.90 Å². The van der Waals surface area contributed by atoms with Gasteiger partial charge in [-0.25, -0.2) is 8.42 Å². The van der Waals surface area contributed by atoms with Crippen molar-refractivity contribution >= 4 is 9.84 Å². The molecule has 17 heavy (non-hydrogen) atoms. The molecule has 1 saturated heterocycles. The second kappa shape index (κ2) is 4.86. The maximum absolute atomic E-state index is 11.3. The molecule has 100 valence electrons. The van der Waals surface area contributed by atoms with Gasteiger partial charge in [0, 0.05) is 25.0 Å². The molecular weight excluding hydrogens is 238 g/mol. The molecule has 0 spiro atoms. The molecule has 0 amide bonds. The minimum absolute atomic E-state index is 0.286. The van der Waals surface area contributed by atoms with Crippen molar-refractivity contribution in [2.45, 2.75) is 32.8 Å². The van der Waals surface area contributed by atoms with Crippen molar-refractivity contribution in [2.24, 2.45) is 5.41 Å². The number of nitrogens with zero attached hydrogens (tertiary/aromatic N) is 1. The van der Waals surface area contributed by atoms with Gasteiger partial charge in [0.2, 0.25) is 0 Å². The molecule has 0 bridgehead atoms. The van der Waals surface area contributed by atoms with Gasteiger partial charge in [-0.05, 0) is 26.7 Å². The monoisotopic (exact) mass is 261 g/mol. The Balaban J connectivity index is 1.78. The van der Waals surface area contributed by atoms with E-state index >= 15 is 0 Å². The second-order valence-electron chi connectivity index (χ2n) is 5.79. The minimum atomic E-state index is -2.75. The summed E-state index contributed by atoms with van der Waals surface area (Å²) in [6.07, 6.45) is 2.74. The summed E-state index contributed by atoms with van der Waals surface area (Å²) < 4.78 is 28.4. The van der Waals surface area contributed by atoms with Crippen LogP contribution in [0, 0.1) is 5.41 Å². The largest absolute Gasteiger partial charge is 0.378 e. The lowest BCUT2D eigenvalue weighted by atomic mass is 10.1. The van der Waals surface area contributed by atoms with Gasteiger partial charge < -0.3 is 9.64 Å². The number of hydrogen-bond donors (Lipinski definition) is 0. The molecule has 1 saturated carbocycles. The lowest BCUT2D eigenvalue weighted by Gasteiger charge is -2.30. The molecule has 0 aromatic carbocycles. The van der Waals surface area contributed by atoms with Crippen LogP contribution in [0.5, 0.6) is 0 Å². The molecular formula is C12H23NO3S. The normalized spacial score (nSPS) is 27.2. The quantitative estimate of drug-likeness (QED) is 0.738. The maximum Gasteiger partial charge on any atom is 0.152 e. The zero-order valence-electron chi connectivity index (χ0n) is 10.8. The van der Waals surface area contributed by atoms with Crippen molar-refractivity contribution < 1.29 is 13.2 Å². The highest BCUT2D eigenvalue weighted by Gasteiger charge is 2.44. The Morgan fingerprint density at radius 3 is 2.29 bits per heavy atom. The average molecular weight is 261 g/mol. The van der Waals surface area contributed by atoms with E-state index < -0.39 is 9.84 Å². The van der Waals surface area contributed by atoms with Crippen molar-refractivity contribution in [1.29, 1.82) is 0 Å². The van der Waals surface area contributed by atoms with E-state index in [-0.39, 0.29) is 6.10 Å². The lowest BCUT2D eigenvalue weighted by molar-refractivity contribution is 0.0319. The SMILES string of the molecule is CC(C)OCC1(CN2CCS(=O)(=O)CC2)CC1. The van der Waals surface area contributed by atoms with E-state index in [0.717, 1.165) is 13.2 Å². The Hall–Kier alpha value is -0.130. The van der Waals surface area contributed by atoms with Crippen LogP contribution < -0.4 is 0 Å². The maximum atomic E-state index is 11.3. The summed E-state index contributed by atoms with van der Waals surface area (Å²) in [4.78, 5) is 2.29. The molecule has 0 atom stereocenters. The van der Waals surface area contributed by atoms with Crippen LogP contribution in [0.25, 0.3) is 0 Å². The van der Waals surface area contributed by atoms with Crippen molar-refractivity contribution in [2.75, 3.05) is 37.7 Å². The van der Waals surface area contributed by atoms with Crippen LogP contribution in [0.3, 0.4) is 0 Å². The lowest BCUT2D eigenvalue weighted by Crippen LogP contribution is -2.43. The highest BCUT2D eigenvalue weighted by Crippen LogP contribution is 2.46. The smallest absolute Gasteiger partial charge is 0.152 e.